The van der Waals surface area contributed by atoms with Crippen LogP contribution in [0.5, 0.6) is 0 Å². The standard InChI is InChI=1S/C8H15NO2/c9-7-3-1-2-4-8(7)5-6-10-11-8/h7H,1-6,9H2. The Balaban J connectivity index is 2.07. The SMILES string of the molecule is NC1CCCCC12CCOO2. The van der Waals surface area contributed by atoms with Gasteiger partial charge in [-0.25, -0.2) is 9.78 Å². The molecule has 2 unspecified atom stereocenters. The van der Waals surface area contributed by atoms with Crippen molar-refractivity contribution in [2.75, 3.05) is 6.61 Å². The Morgan fingerprint density at radius 3 is 2.82 bits per heavy atom. The molecule has 3 nitrogen and oxygen atoms in total. The third kappa shape index (κ3) is 1.17. The van der Waals surface area contributed by atoms with Crippen LogP contribution < -0.4 is 5.73 Å². The van der Waals surface area contributed by atoms with E-state index in [2.05, 4.69) is 0 Å². The molecule has 0 amide bonds. The molecule has 3 heteroatoms. The molecule has 1 heterocycles. The van der Waals surface area contributed by atoms with Gasteiger partial charge in [-0.05, 0) is 12.8 Å². The van der Waals surface area contributed by atoms with Crippen LogP contribution in [0.3, 0.4) is 0 Å². The molecule has 0 bridgehead atoms. The van der Waals surface area contributed by atoms with Gasteiger partial charge in [-0.3, -0.25) is 0 Å². The van der Waals surface area contributed by atoms with E-state index in [4.69, 9.17) is 15.5 Å². The topological polar surface area (TPSA) is 44.5 Å². The molecule has 0 aromatic carbocycles. The third-order valence-electron chi connectivity index (χ3n) is 2.87. The number of hydrogen-bond donors (Lipinski definition) is 1. The second-order valence-corrected chi connectivity index (χ2v) is 3.57. The first-order valence-electron chi connectivity index (χ1n) is 4.40. The van der Waals surface area contributed by atoms with Crippen molar-refractivity contribution >= 4 is 0 Å². The largest absolute Gasteiger partial charge is 0.325 e. The number of rotatable bonds is 0. The highest BCUT2D eigenvalue weighted by atomic mass is 17.2. The van der Waals surface area contributed by atoms with Crippen LogP contribution in [-0.4, -0.2) is 18.2 Å². The van der Waals surface area contributed by atoms with Crippen molar-refractivity contribution in [1.82, 2.24) is 0 Å². The smallest absolute Gasteiger partial charge is 0.121 e. The zero-order valence-electron chi connectivity index (χ0n) is 6.71. The Kier molecular flexibility index (Phi) is 1.87. The molecule has 0 radical (unpaired) electrons. The van der Waals surface area contributed by atoms with E-state index in [9.17, 15) is 0 Å². The summed E-state index contributed by atoms with van der Waals surface area (Å²) in [6, 6.07) is 0.193. The summed E-state index contributed by atoms with van der Waals surface area (Å²) < 4.78 is 0. The van der Waals surface area contributed by atoms with E-state index in [1.807, 2.05) is 0 Å². The lowest BCUT2D eigenvalue weighted by Gasteiger charge is -2.35. The summed E-state index contributed by atoms with van der Waals surface area (Å²) in [6.07, 6.45) is 5.62. The molecule has 2 N–H and O–H groups in total. The van der Waals surface area contributed by atoms with Crippen molar-refractivity contribution in [3.8, 4) is 0 Å². The molecule has 2 rings (SSSR count). The molecular formula is C8H15NO2. The van der Waals surface area contributed by atoms with Gasteiger partial charge in [0.05, 0.1) is 6.61 Å². The fourth-order valence-electron chi connectivity index (χ4n) is 2.07. The molecule has 1 aliphatic heterocycles. The van der Waals surface area contributed by atoms with E-state index in [-0.39, 0.29) is 11.6 Å². The molecule has 2 atom stereocenters. The first-order chi connectivity index (χ1) is 5.33. The normalized spacial score (nSPS) is 45.0. The maximum absolute atomic E-state index is 5.97. The van der Waals surface area contributed by atoms with Gasteiger partial charge in [-0.1, -0.05) is 12.8 Å². The molecule has 11 heavy (non-hydrogen) atoms. The molecule has 64 valence electrons. The van der Waals surface area contributed by atoms with E-state index < -0.39 is 0 Å². The Bertz CT molecular complexity index is 143. The minimum Gasteiger partial charge on any atom is -0.325 e. The van der Waals surface area contributed by atoms with Gasteiger partial charge in [0.15, 0.2) is 0 Å². The summed E-state index contributed by atoms with van der Waals surface area (Å²) in [4.78, 5) is 10.2. The maximum atomic E-state index is 5.97. The van der Waals surface area contributed by atoms with E-state index in [0.717, 1.165) is 19.3 Å². The Hall–Kier alpha value is -0.120. The highest BCUT2D eigenvalue weighted by molar-refractivity contribution is 4.95. The number of hydrogen-bond acceptors (Lipinski definition) is 3. The van der Waals surface area contributed by atoms with Gasteiger partial charge in [-0.15, -0.1) is 0 Å². The predicted octanol–water partition coefficient (Wildman–Crippen LogP) is 0.978. The van der Waals surface area contributed by atoms with Crippen molar-refractivity contribution in [3.05, 3.63) is 0 Å². The van der Waals surface area contributed by atoms with E-state index >= 15 is 0 Å². The van der Waals surface area contributed by atoms with Gasteiger partial charge in [0.1, 0.15) is 5.60 Å². The predicted molar refractivity (Wildman–Crippen MR) is 40.8 cm³/mol. The molecule has 2 aliphatic rings. The molecule has 2 fully saturated rings. The Morgan fingerprint density at radius 1 is 1.27 bits per heavy atom. The fraction of sp³-hybridized carbons (Fsp3) is 1.00. The van der Waals surface area contributed by atoms with Crippen molar-refractivity contribution in [2.24, 2.45) is 5.73 Å². The second-order valence-electron chi connectivity index (χ2n) is 3.57. The first kappa shape index (κ1) is 7.53. The van der Waals surface area contributed by atoms with Crippen LogP contribution in [0.4, 0.5) is 0 Å². The molecule has 1 aliphatic carbocycles. The van der Waals surface area contributed by atoms with Crippen molar-refractivity contribution in [2.45, 2.75) is 43.7 Å². The van der Waals surface area contributed by atoms with Gasteiger partial charge in [0.25, 0.3) is 0 Å². The lowest BCUT2D eigenvalue weighted by molar-refractivity contribution is -0.317. The quantitative estimate of drug-likeness (QED) is 0.533. The van der Waals surface area contributed by atoms with Crippen LogP contribution in [0.15, 0.2) is 0 Å². The molecule has 1 spiro atoms. The fourth-order valence-corrected chi connectivity index (χ4v) is 2.07. The van der Waals surface area contributed by atoms with Gasteiger partial charge in [0.2, 0.25) is 0 Å². The molecule has 1 saturated carbocycles. The number of nitrogens with two attached hydrogens (primary N) is 1. The van der Waals surface area contributed by atoms with Gasteiger partial charge < -0.3 is 5.73 Å². The van der Waals surface area contributed by atoms with E-state index in [1.165, 1.54) is 12.8 Å². The lowest BCUT2D eigenvalue weighted by Crippen LogP contribution is -2.49. The summed E-state index contributed by atoms with van der Waals surface area (Å²) in [7, 11) is 0. The summed E-state index contributed by atoms with van der Waals surface area (Å²) in [5.41, 5.74) is 5.86. The highest BCUT2D eigenvalue weighted by Gasteiger charge is 2.44. The van der Waals surface area contributed by atoms with Crippen LogP contribution in [0.1, 0.15) is 32.1 Å². The third-order valence-corrected chi connectivity index (χ3v) is 2.87. The minimum atomic E-state index is -0.113. The Labute approximate surface area is 66.8 Å². The van der Waals surface area contributed by atoms with Crippen LogP contribution in [0.2, 0.25) is 0 Å². The van der Waals surface area contributed by atoms with Crippen LogP contribution in [0, 0.1) is 0 Å². The maximum Gasteiger partial charge on any atom is 0.121 e. The van der Waals surface area contributed by atoms with Crippen molar-refractivity contribution in [1.29, 1.82) is 0 Å². The summed E-state index contributed by atoms with van der Waals surface area (Å²) in [5, 5.41) is 0. The first-order valence-corrected chi connectivity index (χ1v) is 4.40. The summed E-state index contributed by atoms with van der Waals surface area (Å²) in [5.74, 6) is 0. The second kappa shape index (κ2) is 2.73. The highest BCUT2D eigenvalue weighted by Crippen LogP contribution is 2.37. The van der Waals surface area contributed by atoms with Crippen LogP contribution in [0.25, 0.3) is 0 Å². The summed E-state index contributed by atoms with van der Waals surface area (Å²) >= 11 is 0. The van der Waals surface area contributed by atoms with Gasteiger partial charge in [-0.2, -0.15) is 0 Å². The van der Waals surface area contributed by atoms with Gasteiger partial charge >= 0.3 is 0 Å². The van der Waals surface area contributed by atoms with E-state index in [1.54, 1.807) is 0 Å². The monoisotopic (exact) mass is 157 g/mol. The van der Waals surface area contributed by atoms with Crippen LogP contribution in [-0.2, 0) is 9.78 Å². The lowest BCUT2D eigenvalue weighted by atomic mass is 9.79. The summed E-state index contributed by atoms with van der Waals surface area (Å²) in [6.45, 7) is 0.716. The zero-order valence-corrected chi connectivity index (χ0v) is 6.71. The van der Waals surface area contributed by atoms with Crippen LogP contribution >= 0.6 is 0 Å². The molecule has 1 saturated heterocycles. The molecule has 0 aromatic heterocycles. The average molecular weight is 157 g/mol. The van der Waals surface area contributed by atoms with E-state index in [0.29, 0.717) is 6.61 Å². The van der Waals surface area contributed by atoms with Crippen molar-refractivity contribution < 1.29 is 9.78 Å². The molecule has 0 aromatic rings. The van der Waals surface area contributed by atoms with Gasteiger partial charge in [0, 0.05) is 12.5 Å². The average Bonchev–Trinajstić information content (AvgIpc) is 2.46. The van der Waals surface area contributed by atoms with Crippen molar-refractivity contribution in [3.63, 3.8) is 0 Å². The Morgan fingerprint density at radius 2 is 2.18 bits per heavy atom. The molecular weight excluding hydrogens is 142 g/mol. The zero-order chi connectivity index (χ0) is 7.73. The minimum absolute atomic E-state index is 0.113.